The molecule has 1 atom stereocenters. The van der Waals surface area contributed by atoms with Crippen LogP contribution in [0.1, 0.15) is 24.5 Å². The third kappa shape index (κ3) is 4.45. The van der Waals surface area contributed by atoms with Crippen LogP contribution in [0.2, 0.25) is 0 Å². The van der Waals surface area contributed by atoms with Crippen molar-refractivity contribution < 1.29 is 13.9 Å². The molecule has 4 heteroatoms. The van der Waals surface area contributed by atoms with E-state index in [1.54, 1.807) is 27.0 Å². The van der Waals surface area contributed by atoms with E-state index >= 15 is 0 Å². The van der Waals surface area contributed by atoms with Gasteiger partial charge in [-0.15, -0.1) is 0 Å². The lowest BCUT2D eigenvalue weighted by Gasteiger charge is -2.15. The van der Waals surface area contributed by atoms with Gasteiger partial charge in [0.2, 0.25) is 0 Å². The standard InChI is InChI=1S/C14H20FNO2/c1-4-18-14(17)9-12(16-3)8-11-5-6-13(15)10(2)7-11/h5-7,12,16H,4,8-9H2,1-3H3. The van der Waals surface area contributed by atoms with Crippen LogP contribution in [0.3, 0.4) is 0 Å². The van der Waals surface area contributed by atoms with Gasteiger partial charge in [-0.3, -0.25) is 4.79 Å². The van der Waals surface area contributed by atoms with Gasteiger partial charge in [0.1, 0.15) is 5.82 Å². The molecule has 1 aromatic carbocycles. The molecule has 18 heavy (non-hydrogen) atoms. The zero-order chi connectivity index (χ0) is 13.5. The maximum atomic E-state index is 13.1. The van der Waals surface area contributed by atoms with Gasteiger partial charge in [-0.2, -0.15) is 0 Å². The van der Waals surface area contributed by atoms with Crippen LogP contribution in [0.4, 0.5) is 4.39 Å². The first-order chi connectivity index (χ1) is 8.56. The number of hydrogen-bond donors (Lipinski definition) is 1. The molecule has 3 nitrogen and oxygen atoms in total. The van der Waals surface area contributed by atoms with Crippen molar-refractivity contribution in [3.05, 3.63) is 35.1 Å². The number of halogens is 1. The second kappa shape index (κ2) is 7.11. The van der Waals surface area contributed by atoms with E-state index in [4.69, 9.17) is 4.74 Å². The Kier molecular flexibility index (Phi) is 5.78. The zero-order valence-corrected chi connectivity index (χ0v) is 11.1. The first-order valence-electron chi connectivity index (χ1n) is 6.14. The van der Waals surface area contributed by atoms with E-state index in [1.807, 2.05) is 6.07 Å². The molecule has 0 saturated heterocycles. The summed E-state index contributed by atoms with van der Waals surface area (Å²) in [7, 11) is 1.81. The Morgan fingerprint density at radius 1 is 1.50 bits per heavy atom. The van der Waals surface area contributed by atoms with E-state index < -0.39 is 0 Å². The lowest BCUT2D eigenvalue weighted by atomic mass is 10.0. The second-order valence-electron chi connectivity index (χ2n) is 4.28. The highest BCUT2D eigenvalue weighted by Gasteiger charge is 2.13. The fourth-order valence-corrected chi connectivity index (χ4v) is 1.82. The molecule has 0 aliphatic carbocycles. The minimum Gasteiger partial charge on any atom is -0.466 e. The lowest BCUT2D eigenvalue weighted by Crippen LogP contribution is -2.31. The van der Waals surface area contributed by atoms with Crippen LogP contribution in [-0.2, 0) is 16.0 Å². The fraction of sp³-hybridized carbons (Fsp3) is 0.500. The number of benzene rings is 1. The first kappa shape index (κ1) is 14.6. The SMILES string of the molecule is CCOC(=O)CC(Cc1ccc(F)c(C)c1)NC. The minimum atomic E-state index is -0.212. The Morgan fingerprint density at radius 2 is 2.22 bits per heavy atom. The topological polar surface area (TPSA) is 38.3 Å². The molecule has 1 aromatic rings. The highest BCUT2D eigenvalue weighted by atomic mass is 19.1. The maximum absolute atomic E-state index is 13.1. The molecular formula is C14H20FNO2. The zero-order valence-electron chi connectivity index (χ0n) is 11.1. The first-order valence-corrected chi connectivity index (χ1v) is 6.14. The summed E-state index contributed by atoms with van der Waals surface area (Å²) >= 11 is 0. The van der Waals surface area contributed by atoms with Crippen LogP contribution in [0, 0.1) is 12.7 Å². The average molecular weight is 253 g/mol. The second-order valence-corrected chi connectivity index (χ2v) is 4.28. The Balaban J connectivity index is 2.62. The van der Waals surface area contributed by atoms with Gasteiger partial charge in [0, 0.05) is 6.04 Å². The van der Waals surface area contributed by atoms with E-state index in [9.17, 15) is 9.18 Å². The van der Waals surface area contributed by atoms with Gasteiger partial charge in [0.05, 0.1) is 13.0 Å². The van der Waals surface area contributed by atoms with Crippen molar-refractivity contribution in [2.45, 2.75) is 32.7 Å². The highest BCUT2D eigenvalue weighted by molar-refractivity contribution is 5.70. The summed E-state index contributed by atoms with van der Waals surface area (Å²) in [5.41, 5.74) is 1.64. The lowest BCUT2D eigenvalue weighted by molar-refractivity contribution is -0.143. The molecule has 1 N–H and O–H groups in total. The smallest absolute Gasteiger partial charge is 0.307 e. The van der Waals surface area contributed by atoms with Gasteiger partial charge in [-0.1, -0.05) is 12.1 Å². The van der Waals surface area contributed by atoms with Crippen molar-refractivity contribution in [2.75, 3.05) is 13.7 Å². The minimum absolute atomic E-state index is 0.00825. The molecule has 0 aromatic heterocycles. The monoisotopic (exact) mass is 253 g/mol. The number of likely N-dealkylation sites (N-methyl/N-ethyl adjacent to an activating group) is 1. The van der Waals surface area contributed by atoms with Gasteiger partial charge in [0.25, 0.3) is 0 Å². The predicted octanol–water partition coefficient (Wildman–Crippen LogP) is 2.22. The van der Waals surface area contributed by atoms with Crippen molar-refractivity contribution in [3.8, 4) is 0 Å². The molecular weight excluding hydrogens is 233 g/mol. The third-order valence-electron chi connectivity index (χ3n) is 2.83. The number of ether oxygens (including phenoxy) is 1. The summed E-state index contributed by atoms with van der Waals surface area (Å²) in [6, 6.07) is 5.03. The van der Waals surface area contributed by atoms with E-state index in [-0.39, 0.29) is 17.8 Å². The molecule has 1 rings (SSSR count). The van der Waals surface area contributed by atoms with Gasteiger partial charge in [0.15, 0.2) is 0 Å². The molecule has 0 radical (unpaired) electrons. The number of rotatable bonds is 6. The molecule has 0 aliphatic rings. The molecule has 0 bridgehead atoms. The van der Waals surface area contributed by atoms with Crippen LogP contribution < -0.4 is 5.32 Å². The summed E-state index contributed by atoms with van der Waals surface area (Å²) in [5, 5.41) is 3.08. The van der Waals surface area contributed by atoms with E-state index in [0.29, 0.717) is 25.0 Å². The Bertz CT molecular complexity index is 407. The van der Waals surface area contributed by atoms with Gasteiger partial charge < -0.3 is 10.1 Å². The largest absolute Gasteiger partial charge is 0.466 e. The van der Waals surface area contributed by atoms with E-state index in [1.165, 1.54) is 6.07 Å². The molecule has 0 heterocycles. The van der Waals surface area contributed by atoms with Gasteiger partial charge in [-0.05, 0) is 44.5 Å². The number of esters is 1. The van der Waals surface area contributed by atoms with Crippen molar-refractivity contribution in [1.29, 1.82) is 0 Å². The van der Waals surface area contributed by atoms with Crippen molar-refractivity contribution in [2.24, 2.45) is 0 Å². The molecule has 1 unspecified atom stereocenters. The third-order valence-corrected chi connectivity index (χ3v) is 2.83. The molecule has 0 fully saturated rings. The Morgan fingerprint density at radius 3 is 2.78 bits per heavy atom. The normalized spacial score (nSPS) is 12.2. The number of aryl methyl sites for hydroxylation is 1. The van der Waals surface area contributed by atoms with Crippen LogP contribution in [0.25, 0.3) is 0 Å². The van der Waals surface area contributed by atoms with Crippen LogP contribution in [0.5, 0.6) is 0 Å². The fourth-order valence-electron chi connectivity index (χ4n) is 1.82. The average Bonchev–Trinajstić information content (AvgIpc) is 2.33. The summed E-state index contributed by atoms with van der Waals surface area (Å²) in [5.74, 6) is -0.416. The van der Waals surface area contributed by atoms with Crippen molar-refractivity contribution >= 4 is 5.97 Å². The number of carbonyl (C=O) groups is 1. The highest BCUT2D eigenvalue weighted by Crippen LogP contribution is 2.12. The molecule has 100 valence electrons. The van der Waals surface area contributed by atoms with Crippen LogP contribution in [-0.4, -0.2) is 25.7 Å². The number of nitrogens with one attached hydrogen (secondary N) is 1. The summed E-state index contributed by atoms with van der Waals surface area (Å²) in [4.78, 5) is 11.4. The quantitative estimate of drug-likeness (QED) is 0.790. The predicted molar refractivity (Wildman–Crippen MR) is 68.9 cm³/mol. The summed E-state index contributed by atoms with van der Waals surface area (Å²) < 4.78 is 18.1. The van der Waals surface area contributed by atoms with Crippen LogP contribution >= 0.6 is 0 Å². The number of carbonyl (C=O) groups excluding carboxylic acids is 1. The Labute approximate surface area is 107 Å². The van der Waals surface area contributed by atoms with E-state index in [0.717, 1.165) is 5.56 Å². The number of hydrogen-bond acceptors (Lipinski definition) is 3. The molecule has 0 saturated carbocycles. The van der Waals surface area contributed by atoms with Crippen molar-refractivity contribution in [3.63, 3.8) is 0 Å². The Hall–Kier alpha value is -1.42. The molecule has 0 spiro atoms. The molecule has 0 aliphatic heterocycles. The van der Waals surface area contributed by atoms with Crippen molar-refractivity contribution in [1.82, 2.24) is 5.32 Å². The summed E-state index contributed by atoms with van der Waals surface area (Å²) in [6.45, 7) is 3.92. The van der Waals surface area contributed by atoms with Gasteiger partial charge in [-0.25, -0.2) is 4.39 Å². The maximum Gasteiger partial charge on any atom is 0.307 e. The summed E-state index contributed by atoms with van der Waals surface area (Å²) in [6.07, 6.45) is 0.997. The van der Waals surface area contributed by atoms with E-state index in [2.05, 4.69) is 5.32 Å². The van der Waals surface area contributed by atoms with Crippen LogP contribution in [0.15, 0.2) is 18.2 Å². The molecule has 0 amide bonds. The van der Waals surface area contributed by atoms with Gasteiger partial charge >= 0.3 is 5.97 Å².